The summed E-state index contributed by atoms with van der Waals surface area (Å²) in [7, 11) is 0. The lowest BCUT2D eigenvalue weighted by atomic mass is 9.79. The largest absolute Gasteiger partial charge is 0.280 e. The maximum atomic E-state index is 5.02. The lowest BCUT2D eigenvalue weighted by Gasteiger charge is -2.32. The molecule has 0 bridgehead atoms. The fraction of sp³-hybridized carbons (Fsp3) is 0.261. The molecule has 2 unspecified atom stereocenters. The molecule has 0 amide bonds. The number of aliphatic imine (C=N–C) groups is 2. The van der Waals surface area contributed by atoms with E-state index < -0.39 is 0 Å². The monoisotopic (exact) mass is 341 g/mol. The molecule has 2 aliphatic heterocycles. The van der Waals surface area contributed by atoms with E-state index in [1.165, 1.54) is 11.1 Å². The highest BCUT2D eigenvalue weighted by Gasteiger charge is 2.31. The number of aryl methyl sites for hydroxylation is 1. The van der Waals surface area contributed by atoms with E-state index >= 15 is 0 Å². The molecule has 26 heavy (non-hydrogen) atoms. The number of pyridine rings is 1. The third-order valence-electron chi connectivity index (χ3n) is 5.34. The molecule has 0 spiro atoms. The zero-order chi connectivity index (χ0) is 18.1. The zero-order valence-corrected chi connectivity index (χ0v) is 15.2. The molecule has 3 heteroatoms. The Labute approximate surface area is 154 Å². The van der Waals surface area contributed by atoms with Gasteiger partial charge in [0, 0.05) is 46.8 Å². The lowest BCUT2D eigenvalue weighted by molar-refractivity contribution is 0.488. The van der Waals surface area contributed by atoms with Crippen LogP contribution in [0.5, 0.6) is 0 Å². The van der Waals surface area contributed by atoms with Crippen LogP contribution >= 0.6 is 0 Å². The average Bonchev–Trinajstić information content (AvgIpc) is 2.66. The highest BCUT2D eigenvalue weighted by molar-refractivity contribution is 6.10. The summed E-state index contributed by atoms with van der Waals surface area (Å²) in [6.07, 6.45) is 6.43. The Kier molecular flexibility index (Phi) is 4.37. The number of hydrogen-bond donors (Lipinski definition) is 0. The molecule has 1 aromatic heterocycles. The van der Waals surface area contributed by atoms with Crippen molar-refractivity contribution in [2.24, 2.45) is 9.98 Å². The van der Waals surface area contributed by atoms with Crippen LogP contribution in [0.3, 0.4) is 0 Å². The van der Waals surface area contributed by atoms with E-state index in [0.29, 0.717) is 5.92 Å². The molecule has 2 aromatic rings. The van der Waals surface area contributed by atoms with Gasteiger partial charge in [0.25, 0.3) is 0 Å². The minimum absolute atomic E-state index is 0.146. The van der Waals surface area contributed by atoms with Crippen LogP contribution in [0.4, 0.5) is 0 Å². The molecular weight excluding hydrogens is 318 g/mol. The van der Waals surface area contributed by atoms with E-state index in [1.54, 1.807) is 0 Å². The van der Waals surface area contributed by atoms with Crippen LogP contribution in [0, 0.1) is 0 Å². The van der Waals surface area contributed by atoms with Crippen molar-refractivity contribution in [1.82, 2.24) is 4.98 Å². The summed E-state index contributed by atoms with van der Waals surface area (Å²) in [5, 5.41) is 0. The first kappa shape index (κ1) is 16.6. The van der Waals surface area contributed by atoms with Gasteiger partial charge in [-0.05, 0) is 43.5 Å². The SMILES string of the molecule is C=CC1=NC2CC(=C)/N=C(/C)c3cccnc3CCC2c2ccccc21. The van der Waals surface area contributed by atoms with Crippen LogP contribution in [0.2, 0.25) is 0 Å². The molecule has 3 nitrogen and oxygen atoms in total. The Hall–Kier alpha value is -2.81. The van der Waals surface area contributed by atoms with Gasteiger partial charge in [-0.2, -0.15) is 0 Å². The van der Waals surface area contributed by atoms with Crippen molar-refractivity contribution in [2.75, 3.05) is 0 Å². The minimum atomic E-state index is 0.146. The highest BCUT2D eigenvalue weighted by Crippen LogP contribution is 2.37. The maximum absolute atomic E-state index is 5.02. The second-order valence-corrected chi connectivity index (χ2v) is 6.98. The third-order valence-corrected chi connectivity index (χ3v) is 5.34. The third kappa shape index (κ3) is 2.94. The van der Waals surface area contributed by atoms with E-state index in [0.717, 1.165) is 47.6 Å². The molecule has 1 aromatic carbocycles. The standard InChI is InChI=1S/C23H23N3/c1-4-21-19-9-6-5-8-18(19)20-11-12-22-17(10-7-13-24-22)16(3)25-15(2)14-23(20)26-21/h4-10,13,20,23H,1-2,11-12,14H2,3H3/b25-16-. The molecule has 0 saturated carbocycles. The topological polar surface area (TPSA) is 37.6 Å². The fourth-order valence-corrected chi connectivity index (χ4v) is 4.14. The van der Waals surface area contributed by atoms with Gasteiger partial charge in [0.2, 0.25) is 0 Å². The van der Waals surface area contributed by atoms with Crippen LogP contribution in [0.1, 0.15) is 48.1 Å². The molecule has 0 radical (unpaired) electrons. The molecule has 4 rings (SSSR count). The second kappa shape index (κ2) is 6.83. The van der Waals surface area contributed by atoms with Crippen molar-refractivity contribution in [1.29, 1.82) is 0 Å². The molecule has 0 N–H and O–H groups in total. The molecule has 2 atom stereocenters. The van der Waals surface area contributed by atoms with Crippen molar-refractivity contribution in [2.45, 2.75) is 38.1 Å². The lowest BCUT2D eigenvalue weighted by Crippen LogP contribution is -2.27. The van der Waals surface area contributed by atoms with Crippen molar-refractivity contribution in [3.05, 3.63) is 89.9 Å². The molecule has 0 aliphatic carbocycles. The summed E-state index contributed by atoms with van der Waals surface area (Å²) in [4.78, 5) is 14.4. The Balaban J connectivity index is 1.82. The van der Waals surface area contributed by atoms with Crippen LogP contribution < -0.4 is 0 Å². The minimum Gasteiger partial charge on any atom is -0.280 e. The van der Waals surface area contributed by atoms with Crippen molar-refractivity contribution in [3.63, 3.8) is 0 Å². The quantitative estimate of drug-likeness (QED) is 0.728. The fourth-order valence-electron chi connectivity index (χ4n) is 4.14. The smallest absolute Gasteiger partial charge is 0.0647 e. The number of hydrogen-bond acceptors (Lipinski definition) is 3. The molecule has 130 valence electrons. The number of aromatic nitrogens is 1. The van der Waals surface area contributed by atoms with Gasteiger partial charge in [-0.15, -0.1) is 0 Å². The van der Waals surface area contributed by atoms with E-state index in [-0.39, 0.29) is 6.04 Å². The molecule has 3 heterocycles. The Morgan fingerprint density at radius 2 is 1.92 bits per heavy atom. The van der Waals surface area contributed by atoms with Gasteiger partial charge in [-0.3, -0.25) is 15.0 Å². The van der Waals surface area contributed by atoms with Crippen LogP contribution in [-0.2, 0) is 6.42 Å². The number of allylic oxidation sites excluding steroid dienone is 1. The van der Waals surface area contributed by atoms with Gasteiger partial charge < -0.3 is 0 Å². The van der Waals surface area contributed by atoms with Gasteiger partial charge in [-0.1, -0.05) is 37.4 Å². The first-order valence-electron chi connectivity index (χ1n) is 9.14. The van der Waals surface area contributed by atoms with Crippen LogP contribution in [0.25, 0.3) is 0 Å². The first-order chi connectivity index (χ1) is 12.7. The first-order valence-corrected chi connectivity index (χ1v) is 9.14. The van der Waals surface area contributed by atoms with Gasteiger partial charge in [0.1, 0.15) is 0 Å². The summed E-state index contributed by atoms with van der Waals surface area (Å²) in [6.45, 7) is 10.2. The Morgan fingerprint density at radius 1 is 1.12 bits per heavy atom. The van der Waals surface area contributed by atoms with Crippen LogP contribution in [-0.4, -0.2) is 22.4 Å². The van der Waals surface area contributed by atoms with E-state index in [2.05, 4.69) is 48.5 Å². The second-order valence-electron chi connectivity index (χ2n) is 6.98. The Morgan fingerprint density at radius 3 is 2.77 bits per heavy atom. The molecular formula is C23H23N3. The van der Waals surface area contributed by atoms with E-state index in [9.17, 15) is 0 Å². The number of fused-ring (bicyclic) bond motifs is 4. The summed E-state index contributed by atoms with van der Waals surface area (Å²) in [5.74, 6) is 0.343. The summed E-state index contributed by atoms with van der Waals surface area (Å²) in [6, 6.07) is 12.8. The summed E-state index contributed by atoms with van der Waals surface area (Å²) in [5.41, 5.74) is 7.64. The van der Waals surface area contributed by atoms with E-state index in [4.69, 9.17) is 9.98 Å². The molecule has 2 aliphatic rings. The predicted octanol–water partition coefficient (Wildman–Crippen LogP) is 4.88. The highest BCUT2D eigenvalue weighted by atomic mass is 14.9. The molecule has 0 saturated heterocycles. The van der Waals surface area contributed by atoms with Crippen molar-refractivity contribution in [3.8, 4) is 0 Å². The Bertz CT molecular complexity index is 936. The van der Waals surface area contributed by atoms with Crippen molar-refractivity contribution >= 4 is 11.4 Å². The average molecular weight is 341 g/mol. The normalized spacial score (nSPS) is 24.3. The predicted molar refractivity (Wildman–Crippen MR) is 108 cm³/mol. The van der Waals surface area contributed by atoms with Crippen molar-refractivity contribution < 1.29 is 0 Å². The number of nitrogens with zero attached hydrogens (tertiary/aromatic N) is 3. The van der Waals surface area contributed by atoms with Gasteiger partial charge in [0.05, 0.1) is 11.8 Å². The van der Waals surface area contributed by atoms with Gasteiger partial charge in [0.15, 0.2) is 0 Å². The van der Waals surface area contributed by atoms with E-state index in [1.807, 2.05) is 25.3 Å². The van der Waals surface area contributed by atoms with Gasteiger partial charge >= 0.3 is 0 Å². The maximum Gasteiger partial charge on any atom is 0.0647 e. The number of rotatable bonds is 1. The summed E-state index contributed by atoms with van der Waals surface area (Å²) < 4.78 is 0. The molecule has 0 fully saturated rings. The van der Waals surface area contributed by atoms with Crippen LogP contribution in [0.15, 0.2) is 77.5 Å². The van der Waals surface area contributed by atoms with Gasteiger partial charge in [-0.25, -0.2) is 0 Å². The summed E-state index contributed by atoms with van der Waals surface area (Å²) >= 11 is 0. The number of benzene rings is 1. The zero-order valence-electron chi connectivity index (χ0n) is 15.2.